The van der Waals surface area contributed by atoms with E-state index < -0.39 is 28.9 Å². The van der Waals surface area contributed by atoms with Crippen LogP contribution in [0.25, 0.3) is 11.1 Å². The molecular formula is C64H92Cl2SiZr. The molecule has 14 rings (SSSR count). The van der Waals surface area contributed by atoms with Crippen LogP contribution < -0.4 is 0 Å². The molecule has 8 unspecified atom stereocenters. The molecule has 0 heterocycles. The van der Waals surface area contributed by atoms with Gasteiger partial charge in [0.2, 0.25) is 0 Å². The van der Waals surface area contributed by atoms with Crippen molar-refractivity contribution >= 4 is 36.2 Å². The van der Waals surface area contributed by atoms with E-state index in [0.717, 1.165) is 58.4 Å². The van der Waals surface area contributed by atoms with Crippen LogP contribution in [0.3, 0.4) is 0 Å². The van der Waals surface area contributed by atoms with Gasteiger partial charge in [0.15, 0.2) is 0 Å². The van der Waals surface area contributed by atoms with Crippen LogP contribution >= 0.6 is 17.0 Å². The number of benzene rings is 2. The first-order chi connectivity index (χ1) is 31.4. The summed E-state index contributed by atoms with van der Waals surface area (Å²) in [6, 6.07) is 19.9. The Labute approximate surface area is 436 Å². The Kier molecular flexibility index (Phi) is 14.8. The molecular weight excluding hydrogens is 959 g/mol. The van der Waals surface area contributed by atoms with E-state index in [2.05, 4.69) is 140 Å². The molecule has 12 aliphatic carbocycles. The molecule has 2 aromatic carbocycles. The van der Waals surface area contributed by atoms with E-state index in [1.165, 1.54) is 35.1 Å². The van der Waals surface area contributed by atoms with Crippen LogP contribution in [-0.2, 0) is 31.7 Å². The topological polar surface area (TPSA) is 0 Å². The minimum absolute atomic E-state index is 0. The Balaban J connectivity index is 0.00000113. The van der Waals surface area contributed by atoms with Gasteiger partial charge < -0.3 is 0 Å². The second-order valence-corrected chi connectivity index (χ2v) is 36.9. The second kappa shape index (κ2) is 19.4. The Morgan fingerprint density at radius 3 is 1.07 bits per heavy atom. The van der Waals surface area contributed by atoms with E-state index in [9.17, 15) is 0 Å². The van der Waals surface area contributed by atoms with E-state index in [4.69, 9.17) is 17.0 Å². The molecule has 0 N–H and O–H groups in total. The number of allylic oxidation sites excluding steroid dienone is 8. The molecule has 4 heteroatoms. The predicted molar refractivity (Wildman–Crippen MR) is 295 cm³/mol. The third kappa shape index (κ3) is 9.57. The minimum atomic E-state index is -1.94. The van der Waals surface area contributed by atoms with Crippen molar-refractivity contribution in [1.29, 1.82) is 0 Å². The summed E-state index contributed by atoms with van der Waals surface area (Å²) in [5.41, 5.74) is 12.7. The first-order valence-corrected chi connectivity index (χ1v) is 36.9. The molecule has 0 spiro atoms. The Morgan fingerprint density at radius 2 is 0.794 bits per heavy atom. The standard InChI is InChI=1S/C62H84Si.2CH4.2ClH.Zr/c1-59(2,3)49-19-15-45(16-20-49)51-11-9-13-53-55(51)29-47(37-61-31-39-23-40(32-61)25-41(24-39)33-61)57(53)63(7,8)58-48(38-62-34-42-26-43(35-62)28-44(27-42)36-62)30-56-52(12-10-14-54(56)58)46-17-21-50(22-18-46)60(4,5)6;;;;;/h9-22,39-44,47-48,53-58H,23-38H2,1-8H3;2*1H4;2*1H;/q;;;;;+2/p-2. The van der Waals surface area contributed by atoms with Crippen LogP contribution in [-0.4, -0.2) is 8.07 Å². The molecule has 0 radical (unpaired) electrons. The summed E-state index contributed by atoms with van der Waals surface area (Å²) in [5, 5.41) is 0. The van der Waals surface area contributed by atoms with Crippen molar-refractivity contribution in [2.75, 3.05) is 0 Å². The Hall–Kier alpha value is -0.920. The predicted octanol–water partition coefficient (Wildman–Crippen LogP) is 19.7. The monoisotopic (exact) mass is 1050 g/mol. The number of halogens is 2. The van der Waals surface area contributed by atoms with Gasteiger partial charge in [-0.1, -0.05) is 154 Å². The van der Waals surface area contributed by atoms with Crippen LogP contribution in [0.5, 0.6) is 0 Å². The molecule has 10 saturated carbocycles. The SMILES string of the molecule is C.C.CC(C)(C)c1ccc(C2=CC=CC3C2CC(CC24CC5CC(CC(C5)C2)C4)C3[Si](C)(C)C2C(CC34CC5CC(CC(C5)C3)C4)CC3C(c4ccc(C(C)(C)C)cc4)=CC=CC32)cc1.[Cl][Zr][Cl]. The van der Waals surface area contributed by atoms with Gasteiger partial charge in [-0.3, -0.25) is 0 Å². The normalized spacial score (nSPS) is 40.3. The van der Waals surface area contributed by atoms with Gasteiger partial charge in [0.25, 0.3) is 0 Å². The summed E-state index contributed by atoms with van der Waals surface area (Å²) in [5.74, 6) is 10.7. The summed E-state index contributed by atoms with van der Waals surface area (Å²) in [7, 11) is 7.93. The fourth-order valence-corrected chi connectivity index (χ4v) is 26.4. The van der Waals surface area contributed by atoms with Crippen LogP contribution in [0.4, 0.5) is 0 Å². The zero-order valence-corrected chi connectivity index (χ0v) is 47.2. The van der Waals surface area contributed by atoms with Crippen LogP contribution in [0.1, 0.15) is 181 Å². The maximum atomic E-state index is 4.93. The van der Waals surface area contributed by atoms with Gasteiger partial charge in [-0.15, -0.1) is 0 Å². The van der Waals surface area contributed by atoms with Crippen molar-refractivity contribution in [2.45, 2.75) is 194 Å². The van der Waals surface area contributed by atoms with E-state index in [-0.39, 0.29) is 25.7 Å². The average molecular weight is 1050 g/mol. The van der Waals surface area contributed by atoms with Gasteiger partial charge in [0.05, 0.1) is 8.07 Å². The van der Waals surface area contributed by atoms with Crippen molar-refractivity contribution in [1.82, 2.24) is 0 Å². The molecule has 10 fully saturated rings. The molecule has 370 valence electrons. The third-order valence-corrected chi connectivity index (χ3v) is 26.7. The van der Waals surface area contributed by atoms with Gasteiger partial charge >= 0.3 is 37.9 Å². The number of fused-ring (bicyclic) bond motifs is 2. The van der Waals surface area contributed by atoms with E-state index >= 15 is 0 Å². The fourth-order valence-electron chi connectivity index (χ4n) is 20.4. The second-order valence-electron chi connectivity index (χ2n) is 28.2. The van der Waals surface area contributed by atoms with E-state index in [0.29, 0.717) is 34.5 Å². The van der Waals surface area contributed by atoms with Crippen LogP contribution in [0.2, 0.25) is 24.2 Å². The zero-order valence-electron chi connectivity index (χ0n) is 42.2. The summed E-state index contributed by atoms with van der Waals surface area (Å²) in [6.07, 6.45) is 40.7. The molecule has 8 atom stereocenters. The van der Waals surface area contributed by atoms with Crippen molar-refractivity contribution in [3.05, 3.63) is 107 Å². The quantitative estimate of drug-likeness (QED) is 0.231. The number of hydrogen-bond donors (Lipinski definition) is 0. The Morgan fingerprint density at radius 1 is 0.500 bits per heavy atom. The average Bonchev–Trinajstić information content (AvgIpc) is 3.80. The van der Waals surface area contributed by atoms with Crippen molar-refractivity contribution in [3.8, 4) is 0 Å². The van der Waals surface area contributed by atoms with E-state index in [1.807, 2.05) is 0 Å². The molecule has 0 nitrogen and oxygen atoms in total. The van der Waals surface area contributed by atoms with Gasteiger partial charge in [-0.2, -0.15) is 0 Å². The molecule has 0 aliphatic heterocycles. The summed E-state index contributed by atoms with van der Waals surface area (Å²) in [6.45, 7) is 20.3. The maximum absolute atomic E-state index is 4.93. The van der Waals surface area contributed by atoms with Crippen molar-refractivity contribution in [3.63, 3.8) is 0 Å². The number of rotatable bonds is 8. The molecule has 0 aromatic heterocycles. The van der Waals surface area contributed by atoms with Crippen molar-refractivity contribution < 1.29 is 20.8 Å². The fraction of sp³-hybridized carbons (Fsp3) is 0.688. The molecule has 68 heavy (non-hydrogen) atoms. The van der Waals surface area contributed by atoms with Crippen LogP contribution in [0, 0.1) is 81.8 Å². The molecule has 8 bridgehead atoms. The van der Waals surface area contributed by atoms with Gasteiger partial charge in [0.1, 0.15) is 0 Å². The summed E-state index contributed by atoms with van der Waals surface area (Å²) < 4.78 is 0. The first-order valence-electron chi connectivity index (χ1n) is 27.4. The summed E-state index contributed by atoms with van der Waals surface area (Å²) in [4.78, 5) is 0. The molecule has 0 amide bonds. The molecule has 12 aliphatic rings. The van der Waals surface area contributed by atoms with Gasteiger partial charge in [-0.25, -0.2) is 0 Å². The zero-order chi connectivity index (χ0) is 46.0. The number of hydrogen-bond acceptors (Lipinski definition) is 0. The molecule has 2 aromatic rings. The van der Waals surface area contributed by atoms with E-state index in [1.54, 1.807) is 101 Å². The first kappa shape index (κ1) is 52.0. The van der Waals surface area contributed by atoms with Gasteiger partial charge in [0, 0.05) is 0 Å². The van der Waals surface area contributed by atoms with Crippen molar-refractivity contribution in [2.24, 2.45) is 81.8 Å². The van der Waals surface area contributed by atoms with Gasteiger partial charge in [-0.05, 0) is 240 Å². The summed E-state index contributed by atoms with van der Waals surface area (Å²) >= 11 is -0.826. The molecule has 0 saturated heterocycles. The third-order valence-electron chi connectivity index (χ3n) is 21.5. The Bertz CT molecular complexity index is 2000. The van der Waals surface area contributed by atoms with Crippen LogP contribution in [0.15, 0.2) is 85.0 Å².